The fourth-order valence-electron chi connectivity index (χ4n) is 1.74. The molecule has 0 saturated carbocycles. The number of hydrogen-bond donors (Lipinski definition) is 1. The highest BCUT2D eigenvalue weighted by molar-refractivity contribution is 7.11. The van der Waals surface area contributed by atoms with Crippen LogP contribution in [0.5, 0.6) is 0 Å². The summed E-state index contributed by atoms with van der Waals surface area (Å²) in [5.41, 5.74) is 1.13. The second kappa shape index (κ2) is 6.61. The van der Waals surface area contributed by atoms with Crippen molar-refractivity contribution in [3.05, 3.63) is 46.2 Å². The highest BCUT2D eigenvalue weighted by atomic mass is 32.1. The maximum Gasteiger partial charge on any atom is 0.109 e. The largest absolute Gasteiger partial charge is 0.308 e. The van der Waals surface area contributed by atoms with Gasteiger partial charge in [-0.2, -0.15) is 0 Å². The lowest BCUT2D eigenvalue weighted by Crippen LogP contribution is -2.21. The molecule has 0 aromatic carbocycles. The Hall–Kier alpha value is -1.26. The Bertz CT molecular complexity index is 467. The fourth-order valence-corrected chi connectivity index (χ4v) is 2.62. The van der Waals surface area contributed by atoms with Crippen LogP contribution < -0.4 is 5.32 Å². The van der Waals surface area contributed by atoms with E-state index in [-0.39, 0.29) is 0 Å². The Morgan fingerprint density at radius 2 is 2.22 bits per heavy atom. The first-order chi connectivity index (χ1) is 8.79. The van der Waals surface area contributed by atoms with Crippen molar-refractivity contribution in [3.63, 3.8) is 0 Å². The third-order valence-electron chi connectivity index (χ3n) is 2.85. The van der Waals surface area contributed by atoms with E-state index in [1.54, 1.807) is 11.3 Å². The number of nitrogens with zero attached hydrogens (tertiary/aromatic N) is 2. The van der Waals surface area contributed by atoms with Crippen molar-refractivity contribution in [2.45, 2.75) is 32.7 Å². The monoisotopic (exact) mass is 261 g/mol. The highest BCUT2D eigenvalue weighted by Crippen LogP contribution is 2.19. The van der Waals surface area contributed by atoms with Crippen molar-refractivity contribution in [3.8, 4) is 0 Å². The van der Waals surface area contributed by atoms with Crippen LogP contribution in [0.25, 0.3) is 0 Å². The number of aryl methyl sites for hydroxylation is 1. The Labute approximate surface area is 112 Å². The minimum absolute atomic E-state index is 0.319. The molecule has 0 bridgehead atoms. The third kappa shape index (κ3) is 3.62. The van der Waals surface area contributed by atoms with E-state index in [9.17, 15) is 0 Å². The quantitative estimate of drug-likeness (QED) is 0.868. The number of hydrogen-bond acceptors (Lipinski definition) is 4. The van der Waals surface area contributed by atoms with Crippen LogP contribution in [0.2, 0.25) is 0 Å². The standard InChI is InChI=1S/C14H19N3S/c1-3-13-10-17-14(18-13)11(2)15-9-7-12-6-4-5-8-16-12/h4-6,8,10-11,15H,3,7,9H2,1-2H3. The number of aromatic nitrogens is 2. The molecule has 3 nitrogen and oxygen atoms in total. The molecule has 0 fully saturated rings. The van der Waals surface area contributed by atoms with Crippen LogP contribution in [0.1, 0.15) is 35.5 Å². The maximum absolute atomic E-state index is 4.45. The SMILES string of the molecule is CCc1cnc(C(C)NCCc2ccccn2)s1. The van der Waals surface area contributed by atoms with E-state index in [1.165, 1.54) is 9.88 Å². The van der Waals surface area contributed by atoms with Gasteiger partial charge in [0, 0.05) is 35.9 Å². The maximum atomic E-state index is 4.45. The molecule has 1 unspecified atom stereocenters. The lowest BCUT2D eigenvalue weighted by Gasteiger charge is -2.10. The zero-order valence-electron chi connectivity index (χ0n) is 10.9. The molecule has 0 aliphatic heterocycles. The molecular formula is C14H19N3S. The summed E-state index contributed by atoms with van der Waals surface area (Å²) >= 11 is 1.80. The molecule has 1 atom stereocenters. The van der Waals surface area contributed by atoms with Gasteiger partial charge in [-0.05, 0) is 25.5 Å². The molecule has 1 N–H and O–H groups in total. The van der Waals surface area contributed by atoms with Crippen LogP contribution in [0.4, 0.5) is 0 Å². The van der Waals surface area contributed by atoms with Gasteiger partial charge < -0.3 is 5.32 Å². The summed E-state index contributed by atoms with van der Waals surface area (Å²) in [6.07, 6.45) is 5.85. The molecule has 96 valence electrons. The van der Waals surface area contributed by atoms with Crippen molar-refractivity contribution in [2.24, 2.45) is 0 Å². The van der Waals surface area contributed by atoms with E-state index in [4.69, 9.17) is 0 Å². The van der Waals surface area contributed by atoms with E-state index in [0.717, 1.165) is 25.1 Å². The van der Waals surface area contributed by atoms with Crippen LogP contribution in [0, 0.1) is 0 Å². The van der Waals surface area contributed by atoms with E-state index in [1.807, 2.05) is 24.5 Å². The van der Waals surface area contributed by atoms with Gasteiger partial charge in [0.1, 0.15) is 5.01 Å². The van der Waals surface area contributed by atoms with Crippen molar-refractivity contribution in [2.75, 3.05) is 6.54 Å². The molecule has 0 aliphatic carbocycles. The van der Waals surface area contributed by atoms with Gasteiger partial charge in [-0.25, -0.2) is 4.98 Å². The average molecular weight is 261 g/mol. The number of nitrogens with one attached hydrogen (secondary N) is 1. The van der Waals surface area contributed by atoms with E-state index in [0.29, 0.717) is 6.04 Å². The number of rotatable bonds is 6. The second-order valence-corrected chi connectivity index (χ2v) is 5.41. The summed E-state index contributed by atoms with van der Waals surface area (Å²) in [6, 6.07) is 6.35. The highest BCUT2D eigenvalue weighted by Gasteiger charge is 2.09. The van der Waals surface area contributed by atoms with Gasteiger partial charge in [0.25, 0.3) is 0 Å². The summed E-state index contributed by atoms with van der Waals surface area (Å²) in [5, 5.41) is 4.67. The van der Waals surface area contributed by atoms with Gasteiger partial charge in [0.2, 0.25) is 0 Å². The van der Waals surface area contributed by atoms with Crippen LogP contribution in [0.15, 0.2) is 30.6 Å². The predicted molar refractivity (Wildman–Crippen MR) is 75.9 cm³/mol. The molecule has 0 radical (unpaired) electrons. The summed E-state index contributed by atoms with van der Waals surface area (Å²) in [6.45, 7) is 5.26. The molecule has 2 rings (SSSR count). The van der Waals surface area contributed by atoms with Gasteiger partial charge in [-0.15, -0.1) is 11.3 Å². The molecule has 0 spiro atoms. The van der Waals surface area contributed by atoms with E-state index >= 15 is 0 Å². The molecule has 0 saturated heterocycles. The summed E-state index contributed by atoms with van der Waals surface area (Å²) < 4.78 is 0. The molecular weight excluding hydrogens is 242 g/mol. The predicted octanol–water partition coefficient (Wildman–Crippen LogP) is 2.99. The molecule has 0 aliphatic rings. The lowest BCUT2D eigenvalue weighted by atomic mass is 10.2. The van der Waals surface area contributed by atoms with Crippen molar-refractivity contribution >= 4 is 11.3 Å². The first-order valence-electron chi connectivity index (χ1n) is 6.37. The summed E-state index contributed by atoms with van der Waals surface area (Å²) in [7, 11) is 0. The Morgan fingerprint density at radius 3 is 2.89 bits per heavy atom. The van der Waals surface area contributed by atoms with Crippen molar-refractivity contribution < 1.29 is 0 Å². The zero-order valence-corrected chi connectivity index (χ0v) is 11.7. The summed E-state index contributed by atoms with van der Waals surface area (Å²) in [5.74, 6) is 0. The molecule has 2 heterocycles. The van der Waals surface area contributed by atoms with Gasteiger partial charge in [-0.3, -0.25) is 4.98 Å². The van der Waals surface area contributed by atoms with Gasteiger partial charge in [0.15, 0.2) is 0 Å². The van der Waals surface area contributed by atoms with Gasteiger partial charge >= 0.3 is 0 Å². The third-order valence-corrected chi connectivity index (χ3v) is 4.17. The molecule has 2 aromatic rings. The van der Waals surface area contributed by atoms with E-state index < -0.39 is 0 Å². The Balaban J connectivity index is 1.79. The van der Waals surface area contributed by atoms with Crippen molar-refractivity contribution in [1.82, 2.24) is 15.3 Å². The van der Waals surface area contributed by atoms with E-state index in [2.05, 4.69) is 35.2 Å². The fraction of sp³-hybridized carbons (Fsp3) is 0.429. The molecule has 4 heteroatoms. The normalized spacial score (nSPS) is 12.6. The van der Waals surface area contributed by atoms with Crippen molar-refractivity contribution in [1.29, 1.82) is 0 Å². The summed E-state index contributed by atoms with van der Waals surface area (Å²) in [4.78, 5) is 10.1. The topological polar surface area (TPSA) is 37.8 Å². The van der Waals surface area contributed by atoms with Crippen LogP contribution in [-0.4, -0.2) is 16.5 Å². The molecule has 2 aromatic heterocycles. The molecule has 0 amide bonds. The average Bonchev–Trinajstić information content (AvgIpc) is 2.89. The Morgan fingerprint density at radius 1 is 1.33 bits per heavy atom. The van der Waals surface area contributed by atoms with Gasteiger partial charge in [0.05, 0.1) is 6.04 Å². The minimum Gasteiger partial charge on any atom is -0.308 e. The van der Waals surface area contributed by atoms with Crippen LogP contribution in [-0.2, 0) is 12.8 Å². The smallest absolute Gasteiger partial charge is 0.109 e. The number of pyridine rings is 1. The first kappa shape index (κ1) is 13.2. The van der Waals surface area contributed by atoms with Crippen LogP contribution in [0.3, 0.4) is 0 Å². The first-order valence-corrected chi connectivity index (χ1v) is 7.19. The van der Waals surface area contributed by atoms with Gasteiger partial charge in [-0.1, -0.05) is 13.0 Å². The lowest BCUT2D eigenvalue weighted by molar-refractivity contribution is 0.571. The Kier molecular flexibility index (Phi) is 4.84. The number of thiazole rings is 1. The minimum atomic E-state index is 0.319. The second-order valence-electron chi connectivity index (χ2n) is 4.27. The van der Waals surface area contributed by atoms with Crippen LogP contribution >= 0.6 is 11.3 Å². The zero-order chi connectivity index (χ0) is 12.8. The molecule has 18 heavy (non-hydrogen) atoms.